The number of amides is 1. The fraction of sp³-hybridized carbons (Fsp3) is 0.222. The van der Waals surface area contributed by atoms with Gasteiger partial charge in [0.15, 0.2) is 0 Å². The Hall–Kier alpha value is -2.49. The van der Waals surface area contributed by atoms with Gasteiger partial charge in [0.2, 0.25) is 15.9 Å². The van der Waals surface area contributed by atoms with E-state index in [1.807, 2.05) is 0 Å². The zero-order chi connectivity index (χ0) is 20.0. The molecular formula is C18H20N2O5S2. The number of anilines is 1. The van der Waals surface area contributed by atoms with Crippen LogP contribution in [-0.4, -0.2) is 33.4 Å². The lowest BCUT2D eigenvalue weighted by Gasteiger charge is -2.09. The smallest absolute Gasteiger partial charge is 0.348 e. The number of methoxy groups -OCH3 is 1. The number of rotatable bonds is 7. The molecule has 0 bridgehead atoms. The van der Waals surface area contributed by atoms with Gasteiger partial charge in [0, 0.05) is 12.1 Å². The number of esters is 1. The number of sulfonamides is 1. The summed E-state index contributed by atoms with van der Waals surface area (Å²) in [6, 6.07) is 9.16. The van der Waals surface area contributed by atoms with Crippen LogP contribution in [0.2, 0.25) is 0 Å². The first-order valence-corrected chi connectivity index (χ1v) is 10.3. The minimum absolute atomic E-state index is 0.159. The van der Waals surface area contributed by atoms with Crippen molar-refractivity contribution in [3.63, 3.8) is 0 Å². The van der Waals surface area contributed by atoms with Crippen LogP contribution in [-0.2, 0) is 19.6 Å². The Morgan fingerprint density at radius 3 is 2.37 bits per heavy atom. The number of nitrogens with one attached hydrogen (secondary N) is 2. The third-order valence-corrected chi connectivity index (χ3v) is 5.90. The SMILES string of the molecule is COC(=O)c1ccc(NC(=O)C=Cc2ccc(S(=O)(=O)NC(C)C)cc2)s1. The number of thiophene rings is 1. The molecule has 0 saturated carbocycles. The van der Waals surface area contributed by atoms with E-state index < -0.39 is 16.0 Å². The molecule has 2 aromatic rings. The molecule has 0 saturated heterocycles. The molecule has 1 aromatic heterocycles. The van der Waals surface area contributed by atoms with Gasteiger partial charge in [-0.05, 0) is 49.8 Å². The molecule has 9 heteroatoms. The molecule has 144 valence electrons. The first kappa shape index (κ1) is 20.8. The van der Waals surface area contributed by atoms with Crippen molar-refractivity contribution in [2.24, 2.45) is 0 Å². The van der Waals surface area contributed by atoms with Crippen molar-refractivity contribution in [3.05, 3.63) is 52.9 Å². The fourth-order valence-electron chi connectivity index (χ4n) is 2.09. The molecule has 1 amide bonds. The van der Waals surface area contributed by atoms with Crippen molar-refractivity contribution < 1.29 is 22.7 Å². The molecule has 27 heavy (non-hydrogen) atoms. The van der Waals surface area contributed by atoms with E-state index in [-0.39, 0.29) is 16.8 Å². The number of carbonyl (C=O) groups is 2. The Morgan fingerprint density at radius 1 is 1.11 bits per heavy atom. The van der Waals surface area contributed by atoms with Gasteiger partial charge in [0.05, 0.1) is 17.0 Å². The van der Waals surface area contributed by atoms with Gasteiger partial charge < -0.3 is 10.1 Å². The molecule has 1 heterocycles. The van der Waals surface area contributed by atoms with Crippen LogP contribution in [0.1, 0.15) is 29.1 Å². The van der Waals surface area contributed by atoms with E-state index in [4.69, 9.17) is 0 Å². The average Bonchev–Trinajstić information content (AvgIpc) is 3.07. The Morgan fingerprint density at radius 2 is 1.78 bits per heavy atom. The van der Waals surface area contributed by atoms with Crippen LogP contribution in [0.5, 0.6) is 0 Å². The van der Waals surface area contributed by atoms with E-state index >= 15 is 0 Å². The summed E-state index contributed by atoms with van der Waals surface area (Å²) in [4.78, 5) is 23.9. The van der Waals surface area contributed by atoms with Crippen LogP contribution in [0, 0.1) is 0 Å². The van der Waals surface area contributed by atoms with Crippen molar-refractivity contribution in [1.29, 1.82) is 0 Å². The molecule has 0 spiro atoms. The third kappa shape index (κ3) is 6.02. The lowest BCUT2D eigenvalue weighted by molar-refractivity contribution is -0.111. The largest absolute Gasteiger partial charge is 0.465 e. The van der Waals surface area contributed by atoms with Crippen LogP contribution >= 0.6 is 11.3 Å². The average molecular weight is 409 g/mol. The summed E-state index contributed by atoms with van der Waals surface area (Å²) in [6.07, 6.45) is 2.89. The van der Waals surface area contributed by atoms with Crippen molar-refractivity contribution in [1.82, 2.24) is 4.72 Å². The maximum atomic E-state index is 12.1. The van der Waals surface area contributed by atoms with Crippen molar-refractivity contribution in [3.8, 4) is 0 Å². The second-order valence-corrected chi connectivity index (χ2v) is 8.62. The molecule has 0 aliphatic heterocycles. The molecule has 0 aliphatic carbocycles. The predicted octanol–water partition coefficient (Wildman–Crippen LogP) is 2.87. The summed E-state index contributed by atoms with van der Waals surface area (Å²) in [6.45, 7) is 3.49. The minimum Gasteiger partial charge on any atom is -0.465 e. The maximum Gasteiger partial charge on any atom is 0.348 e. The van der Waals surface area contributed by atoms with Crippen LogP contribution in [0.4, 0.5) is 5.00 Å². The molecule has 0 atom stereocenters. The first-order chi connectivity index (χ1) is 12.7. The highest BCUT2D eigenvalue weighted by Gasteiger charge is 2.14. The fourth-order valence-corrected chi connectivity index (χ4v) is 4.17. The standard InChI is InChI=1S/C18H20N2O5S2/c1-12(2)20-27(23,24)14-7-4-13(5-8-14)6-10-16(21)19-17-11-9-15(26-17)18(22)25-3/h4-12,20H,1-3H3,(H,19,21). The lowest BCUT2D eigenvalue weighted by atomic mass is 10.2. The quantitative estimate of drug-likeness (QED) is 0.542. The number of hydrogen-bond donors (Lipinski definition) is 2. The van der Waals surface area contributed by atoms with Crippen LogP contribution in [0.15, 0.2) is 47.4 Å². The molecule has 2 N–H and O–H groups in total. The van der Waals surface area contributed by atoms with Gasteiger partial charge in [-0.2, -0.15) is 0 Å². The number of carbonyl (C=O) groups excluding carboxylic acids is 2. The summed E-state index contributed by atoms with van der Waals surface area (Å²) in [5.74, 6) is -0.829. The molecule has 7 nitrogen and oxygen atoms in total. The summed E-state index contributed by atoms with van der Waals surface area (Å²) >= 11 is 1.11. The van der Waals surface area contributed by atoms with Crippen LogP contribution in [0.3, 0.4) is 0 Å². The highest BCUT2D eigenvalue weighted by molar-refractivity contribution is 7.89. The van der Waals surface area contributed by atoms with Gasteiger partial charge >= 0.3 is 5.97 Å². The van der Waals surface area contributed by atoms with Gasteiger partial charge in [-0.3, -0.25) is 4.79 Å². The van der Waals surface area contributed by atoms with E-state index in [0.29, 0.717) is 15.4 Å². The van der Waals surface area contributed by atoms with Gasteiger partial charge in [0.25, 0.3) is 0 Å². The van der Waals surface area contributed by atoms with Gasteiger partial charge in [-0.15, -0.1) is 11.3 Å². The van der Waals surface area contributed by atoms with E-state index in [2.05, 4.69) is 14.8 Å². The van der Waals surface area contributed by atoms with Crippen LogP contribution < -0.4 is 10.0 Å². The summed E-state index contributed by atoms with van der Waals surface area (Å²) in [5.41, 5.74) is 0.676. The second kappa shape index (κ2) is 8.94. The predicted molar refractivity (Wildman–Crippen MR) is 105 cm³/mol. The number of ether oxygens (including phenoxy) is 1. The number of hydrogen-bond acceptors (Lipinski definition) is 6. The molecule has 0 radical (unpaired) electrons. The van der Waals surface area contributed by atoms with Crippen molar-refractivity contribution in [2.45, 2.75) is 24.8 Å². The van der Waals surface area contributed by atoms with Crippen molar-refractivity contribution >= 4 is 44.3 Å². The van der Waals surface area contributed by atoms with E-state index in [9.17, 15) is 18.0 Å². The highest BCUT2D eigenvalue weighted by Crippen LogP contribution is 2.22. The van der Waals surface area contributed by atoms with E-state index in [1.165, 1.54) is 25.3 Å². The summed E-state index contributed by atoms with van der Waals surface area (Å²) < 4.78 is 31.3. The normalized spacial score (nSPS) is 11.7. The Balaban J connectivity index is 2.00. The van der Waals surface area contributed by atoms with E-state index in [1.54, 1.807) is 44.2 Å². The third-order valence-electron chi connectivity index (χ3n) is 3.25. The van der Waals surface area contributed by atoms with Gasteiger partial charge in [-0.25, -0.2) is 17.9 Å². The highest BCUT2D eigenvalue weighted by atomic mass is 32.2. The van der Waals surface area contributed by atoms with Crippen molar-refractivity contribution in [2.75, 3.05) is 12.4 Å². The Kier molecular flexibility index (Phi) is 6.89. The van der Waals surface area contributed by atoms with E-state index in [0.717, 1.165) is 11.3 Å². The molecule has 2 rings (SSSR count). The Bertz CT molecular complexity index is 944. The molecule has 0 unspecified atom stereocenters. The minimum atomic E-state index is -3.55. The van der Waals surface area contributed by atoms with Gasteiger partial charge in [0.1, 0.15) is 4.88 Å². The molecular weight excluding hydrogens is 388 g/mol. The molecule has 0 fully saturated rings. The summed E-state index contributed by atoms with van der Waals surface area (Å²) in [7, 11) is -2.25. The lowest BCUT2D eigenvalue weighted by Crippen LogP contribution is -2.30. The maximum absolute atomic E-state index is 12.1. The monoisotopic (exact) mass is 408 g/mol. The zero-order valence-corrected chi connectivity index (χ0v) is 16.7. The zero-order valence-electron chi connectivity index (χ0n) is 15.1. The topological polar surface area (TPSA) is 102 Å². The second-order valence-electron chi connectivity index (χ2n) is 5.82. The summed E-state index contributed by atoms with van der Waals surface area (Å²) in [5, 5.41) is 3.17. The molecule has 0 aliphatic rings. The number of benzene rings is 1. The van der Waals surface area contributed by atoms with Crippen LogP contribution in [0.25, 0.3) is 6.08 Å². The Labute approximate surface area is 162 Å². The van der Waals surface area contributed by atoms with Gasteiger partial charge in [-0.1, -0.05) is 12.1 Å². The first-order valence-electron chi connectivity index (χ1n) is 8.01. The molecule has 1 aromatic carbocycles.